The van der Waals surface area contributed by atoms with Crippen LogP contribution in [0.1, 0.15) is 10.4 Å². The first-order chi connectivity index (χ1) is 11.6. The van der Waals surface area contributed by atoms with E-state index in [0.717, 1.165) is 17.4 Å². The lowest BCUT2D eigenvalue weighted by Gasteiger charge is -2.36. The predicted molar refractivity (Wildman–Crippen MR) is 94.4 cm³/mol. The molecule has 6 nitrogen and oxygen atoms in total. The lowest BCUT2D eigenvalue weighted by atomic mass is 10.1. The Bertz CT molecular complexity index is 600. The van der Waals surface area contributed by atoms with E-state index in [1.54, 1.807) is 43.1 Å². The molecule has 2 amide bonds. The van der Waals surface area contributed by atoms with E-state index in [9.17, 15) is 9.59 Å². The highest BCUT2D eigenvalue weighted by atomic mass is 32.2. The van der Waals surface area contributed by atoms with Crippen LogP contribution in [0.5, 0.6) is 5.75 Å². The molecule has 0 aliphatic carbocycles. The number of nitrogens with zero attached hydrogens (tertiary/aromatic N) is 3. The minimum absolute atomic E-state index is 0.0123. The van der Waals surface area contributed by atoms with Crippen LogP contribution in [0.15, 0.2) is 24.3 Å². The van der Waals surface area contributed by atoms with Crippen molar-refractivity contribution in [3.63, 3.8) is 0 Å². The maximum atomic E-state index is 12.6. The molecule has 0 bridgehead atoms. The number of hydrogen-bond acceptors (Lipinski definition) is 5. The van der Waals surface area contributed by atoms with Crippen LogP contribution in [0, 0.1) is 0 Å². The molecule has 2 fully saturated rings. The zero-order valence-electron chi connectivity index (χ0n) is 14.1. The van der Waals surface area contributed by atoms with E-state index in [2.05, 4.69) is 4.90 Å². The van der Waals surface area contributed by atoms with Crippen molar-refractivity contribution in [3.05, 3.63) is 29.8 Å². The van der Waals surface area contributed by atoms with Crippen LogP contribution in [0.4, 0.5) is 0 Å². The van der Waals surface area contributed by atoms with E-state index in [-0.39, 0.29) is 17.9 Å². The van der Waals surface area contributed by atoms with E-state index in [1.165, 1.54) is 0 Å². The van der Waals surface area contributed by atoms with Crippen LogP contribution in [-0.2, 0) is 4.79 Å². The Labute approximate surface area is 146 Å². The Morgan fingerprint density at radius 2 is 1.71 bits per heavy atom. The highest BCUT2D eigenvalue weighted by molar-refractivity contribution is 7.99. The molecule has 1 aromatic carbocycles. The van der Waals surface area contributed by atoms with E-state index < -0.39 is 0 Å². The number of likely N-dealkylation sites (N-methyl/N-ethyl adjacent to an activating group) is 1. The van der Waals surface area contributed by atoms with Crippen LogP contribution < -0.4 is 4.74 Å². The normalized spacial score (nSPS) is 21.8. The average molecular weight is 349 g/mol. The van der Waals surface area contributed by atoms with Crippen LogP contribution in [0.3, 0.4) is 0 Å². The molecule has 7 heteroatoms. The minimum atomic E-state index is -0.0150. The van der Waals surface area contributed by atoms with Gasteiger partial charge in [-0.05, 0) is 31.3 Å². The molecule has 0 saturated carbocycles. The number of thioether (sulfide) groups is 1. The van der Waals surface area contributed by atoms with Crippen LogP contribution in [0.2, 0.25) is 0 Å². The van der Waals surface area contributed by atoms with Gasteiger partial charge >= 0.3 is 0 Å². The van der Waals surface area contributed by atoms with Crippen molar-refractivity contribution < 1.29 is 14.3 Å². The summed E-state index contributed by atoms with van der Waals surface area (Å²) >= 11 is 1.79. The molecule has 0 spiro atoms. The van der Waals surface area contributed by atoms with Crippen LogP contribution >= 0.6 is 11.8 Å². The van der Waals surface area contributed by atoms with Gasteiger partial charge in [-0.15, -0.1) is 11.8 Å². The number of piperazine rings is 1. The maximum absolute atomic E-state index is 12.6. The largest absolute Gasteiger partial charge is 0.497 e. The van der Waals surface area contributed by atoms with Crippen LogP contribution in [0.25, 0.3) is 0 Å². The highest BCUT2D eigenvalue weighted by Gasteiger charge is 2.33. The van der Waals surface area contributed by atoms with Gasteiger partial charge in [0.15, 0.2) is 0 Å². The number of rotatable bonds is 3. The van der Waals surface area contributed by atoms with Crippen molar-refractivity contribution in [2.24, 2.45) is 0 Å². The van der Waals surface area contributed by atoms with E-state index in [1.807, 2.05) is 16.8 Å². The summed E-state index contributed by atoms with van der Waals surface area (Å²) in [4.78, 5) is 30.9. The van der Waals surface area contributed by atoms with Gasteiger partial charge in [0.25, 0.3) is 5.91 Å². The van der Waals surface area contributed by atoms with Crippen molar-refractivity contribution in [1.29, 1.82) is 0 Å². The van der Waals surface area contributed by atoms with Crippen molar-refractivity contribution >= 4 is 23.6 Å². The van der Waals surface area contributed by atoms with Crippen LogP contribution in [-0.4, -0.2) is 84.5 Å². The molecule has 0 aromatic heterocycles. The summed E-state index contributed by atoms with van der Waals surface area (Å²) < 4.78 is 5.12. The number of carbonyl (C=O) groups is 2. The average Bonchev–Trinajstić information content (AvgIpc) is 3.06. The second-order valence-corrected chi connectivity index (χ2v) is 7.12. The monoisotopic (exact) mass is 349 g/mol. The molecule has 24 heavy (non-hydrogen) atoms. The molecular weight excluding hydrogens is 326 g/mol. The molecule has 1 atom stereocenters. The summed E-state index contributed by atoms with van der Waals surface area (Å²) in [7, 11) is 3.60. The van der Waals surface area contributed by atoms with E-state index >= 15 is 0 Å². The number of amides is 2. The quantitative estimate of drug-likeness (QED) is 0.814. The van der Waals surface area contributed by atoms with Crippen molar-refractivity contribution in [1.82, 2.24) is 14.7 Å². The molecule has 2 aliphatic heterocycles. The summed E-state index contributed by atoms with van der Waals surface area (Å²) in [5, 5.41) is 0. The number of benzene rings is 1. The minimum Gasteiger partial charge on any atom is -0.497 e. The first kappa shape index (κ1) is 17.1. The summed E-state index contributed by atoms with van der Waals surface area (Å²) in [5.41, 5.74) is 0.655. The zero-order valence-corrected chi connectivity index (χ0v) is 14.9. The predicted octanol–water partition coefficient (Wildman–Crippen LogP) is 0.984. The Hall–Kier alpha value is -1.73. The summed E-state index contributed by atoms with van der Waals surface area (Å²) in [5.74, 6) is 2.71. The highest BCUT2D eigenvalue weighted by Crippen LogP contribution is 2.21. The molecule has 0 radical (unpaired) electrons. The van der Waals surface area contributed by atoms with E-state index in [0.29, 0.717) is 31.7 Å². The van der Waals surface area contributed by atoms with E-state index in [4.69, 9.17) is 4.74 Å². The van der Waals surface area contributed by atoms with Gasteiger partial charge in [-0.1, -0.05) is 0 Å². The fourth-order valence-corrected chi connectivity index (χ4v) is 4.24. The summed E-state index contributed by atoms with van der Waals surface area (Å²) in [6.45, 7) is 2.38. The van der Waals surface area contributed by atoms with Gasteiger partial charge in [-0.2, -0.15) is 0 Å². The molecule has 3 rings (SSSR count). The van der Waals surface area contributed by atoms with Gasteiger partial charge in [0.05, 0.1) is 13.2 Å². The number of hydrogen-bond donors (Lipinski definition) is 0. The molecule has 2 saturated heterocycles. The smallest absolute Gasteiger partial charge is 0.253 e. The third-order valence-corrected chi connectivity index (χ3v) is 5.74. The number of carbonyl (C=O) groups excluding carboxylic acids is 2. The number of methoxy groups -OCH3 is 1. The molecule has 2 aliphatic rings. The summed E-state index contributed by atoms with van der Waals surface area (Å²) in [6.07, 6.45) is 0. The molecule has 130 valence electrons. The Balaban J connectivity index is 1.56. The Morgan fingerprint density at radius 1 is 1.08 bits per heavy atom. The van der Waals surface area contributed by atoms with Crippen molar-refractivity contribution in [3.8, 4) is 5.75 Å². The SMILES string of the molecule is COc1ccc(C(=O)N2CCN(C(=O)[C@@H]3CSCN3C)CC2)cc1. The lowest BCUT2D eigenvalue weighted by Crippen LogP contribution is -2.54. The van der Waals surface area contributed by atoms with Gasteiger partial charge in [0.1, 0.15) is 5.75 Å². The lowest BCUT2D eigenvalue weighted by molar-refractivity contribution is -0.136. The fourth-order valence-electron chi connectivity index (χ4n) is 3.04. The second-order valence-electron chi connectivity index (χ2n) is 6.12. The first-order valence-electron chi connectivity index (χ1n) is 8.10. The topological polar surface area (TPSA) is 53.1 Å². The Morgan fingerprint density at radius 3 is 2.25 bits per heavy atom. The van der Waals surface area contributed by atoms with Crippen molar-refractivity contribution in [2.75, 3.05) is 52.0 Å². The van der Waals surface area contributed by atoms with Crippen molar-refractivity contribution in [2.45, 2.75) is 6.04 Å². The fraction of sp³-hybridized carbons (Fsp3) is 0.529. The molecule has 0 unspecified atom stereocenters. The molecule has 1 aromatic rings. The van der Waals surface area contributed by atoms with Gasteiger partial charge in [-0.25, -0.2) is 0 Å². The third-order valence-electron chi connectivity index (χ3n) is 4.60. The molecular formula is C17H23N3O3S. The van der Waals surface area contributed by atoms with Gasteiger partial charge in [0.2, 0.25) is 5.91 Å². The number of ether oxygens (including phenoxy) is 1. The maximum Gasteiger partial charge on any atom is 0.253 e. The van der Waals surface area contributed by atoms with Gasteiger partial charge < -0.3 is 14.5 Å². The first-order valence-corrected chi connectivity index (χ1v) is 9.25. The zero-order chi connectivity index (χ0) is 17.1. The third kappa shape index (κ3) is 3.52. The molecule has 0 N–H and O–H groups in total. The molecule has 2 heterocycles. The summed E-state index contributed by atoms with van der Waals surface area (Å²) in [6, 6.07) is 7.13. The Kier molecular flexibility index (Phi) is 5.30. The van der Waals surface area contributed by atoms with Gasteiger partial charge in [-0.3, -0.25) is 14.5 Å². The van der Waals surface area contributed by atoms with Gasteiger partial charge in [0, 0.05) is 43.4 Å². The standard InChI is InChI=1S/C17H23N3O3S/c1-18-12-24-11-15(18)17(22)20-9-7-19(8-10-20)16(21)13-3-5-14(23-2)6-4-13/h3-6,15H,7-12H2,1-2H3/t15-/m0/s1. The second kappa shape index (κ2) is 7.44.